The van der Waals surface area contributed by atoms with Crippen molar-refractivity contribution in [3.63, 3.8) is 0 Å². The average molecular weight is 399 g/mol. The molecule has 0 unspecified atom stereocenters. The molecule has 29 heavy (non-hydrogen) atoms. The lowest BCUT2D eigenvalue weighted by atomic mass is 9.98. The van der Waals surface area contributed by atoms with Gasteiger partial charge in [-0.2, -0.15) is 0 Å². The molecule has 0 heterocycles. The van der Waals surface area contributed by atoms with E-state index in [-0.39, 0.29) is 25.6 Å². The highest BCUT2D eigenvalue weighted by Gasteiger charge is 2.28. The summed E-state index contributed by atoms with van der Waals surface area (Å²) in [6.07, 6.45) is -0.503. The number of carboxylic acid groups (broad SMARTS) is 1. The molecule has 0 radical (unpaired) electrons. The van der Waals surface area contributed by atoms with Crippen LogP contribution < -0.4 is 5.32 Å². The van der Waals surface area contributed by atoms with E-state index in [1.165, 1.54) is 22.3 Å². The Morgan fingerprint density at radius 1 is 0.862 bits per heavy atom. The molecular weight excluding hydrogens is 374 g/mol. The lowest BCUT2D eigenvalue weighted by Gasteiger charge is -2.14. The largest absolute Gasteiger partial charge is 0.481 e. The predicted molar refractivity (Wildman–Crippen MR) is 107 cm³/mol. The van der Waals surface area contributed by atoms with E-state index in [1.807, 2.05) is 24.3 Å². The second-order valence-electron chi connectivity index (χ2n) is 6.62. The number of fused-ring (bicyclic) bond motifs is 3. The van der Waals surface area contributed by atoms with E-state index in [4.69, 9.17) is 19.3 Å². The molecule has 1 aliphatic rings. The van der Waals surface area contributed by atoms with E-state index >= 15 is 0 Å². The van der Waals surface area contributed by atoms with Gasteiger partial charge in [-0.1, -0.05) is 48.5 Å². The number of nitrogens with one attached hydrogen (secondary N) is 1. The molecule has 3 rings (SSSR count). The first-order chi connectivity index (χ1) is 14.2. The van der Waals surface area contributed by atoms with Gasteiger partial charge in [0, 0.05) is 12.5 Å². The fraction of sp³-hybridized carbons (Fsp3) is 0.364. The second-order valence-corrected chi connectivity index (χ2v) is 6.62. The summed E-state index contributed by atoms with van der Waals surface area (Å²) in [6.45, 7) is 1.75. The molecule has 2 N–H and O–H groups in total. The summed E-state index contributed by atoms with van der Waals surface area (Å²) in [5.74, 6) is -0.856. The van der Waals surface area contributed by atoms with Crippen molar-refractivity contribution < 1.29 is 28.9 Å². The Morgan fingerprint density at radius 3 is 2.07 bits per heavy atom. The smallest absolute Gasteiger partial charge is 0.407 e. The Kier molecular flexibility index (Phi) is 7.61. The monoisotopic (exact) mass is 399 g/mol. The molecule has 0 saturated heterocycles. The molecule has 0 aliphatic heterocycles. The van der Waals surface area contributed by atoms with Crippen molar-refractivity contribution in [1.29, 1.82) is 0 Å². The number of rotatable bonds is 11. The summed E-state index contributed by atoms with van der Waals surface area (Å²) in [5, 5.41) is 11.2. The summed E-state index contributed by atoms with van der Waals surface area (Å²) in [4.78, 5) is 22.3. The summed E-state index contributed by atoms with van der Waals surface area (Å²) < 4.78 is 15.9. The van der Waals surface area contributed by atoms with Crippen LogP contribution in [0.4, 0.5) is 4.79 Å². The third-order valence-corrected chi connectivity index (χ3v) is 4.69. The zero-order valence-electron chi connectivity index (χ0n) is 16.1. The van der Waals surface area contributed by atoms with Crippen molar-refractivity contribution in [2.24, 2.45) is 0 Å². The summed E-state index contributed by atoms with van der Waals surface area (Å²) >= 11 is 0. The van der Waals surface area contributed by atoms with Crippen LogP contribution in [0.25, 0.3) is 11.1 Å². The van der Waals surface area contributed by atoms with Gasteiger partial charge in [0.1, 0.15) is 6.61 Å². The number of alkyl carbamates (subject to hydrolysis) is 1. The van der Waals surface area contributed by atoms with Crippen LogP contribution in [0.3, 0.4) is 0 Å². The first-order valence-electron chi connectivity index (χ1n) is 9.63. The molecule has 7 heteroatoms. The molecule has 0 atom stereocenters. The maximum Gasteiger partial charge on any atom is 0.407 e. The van der Waals surface area contributed by atoms with E-state index < -0.39 is 12.1 Å². The number of hydrogen-bond donors (Lipinski definition) is 2. The molecule has 0 aromatic heterocycles. The zero-order chi connectivity index (χ0) is 20.5. The van der Waals surface area contributed by atoms with Crippen LogP contribution in [0.1, 0.15) is 23.5 Å². The van der Waals surface area contributed by atoms with Gasteiger partial charge in [-0.05, 0) is 22.3 Å². The molecular formula is C22H25NO6. The third-order valence-electron chi connectivity index (χ3n) is 4.69. The number of benzene rings is 2. The molecule has 154 valence electrons. The average Bonchev–Trinajstić information content (AvgIpc) is 3.04. The predicted octanol–water partition coefficient (Wildman–Crippen LogP) is 3.03. The second kappa shape index (κ2) is 10.6. The van der Waals surface area contributed by atoms with Gasteiger partial charge in [-0.3, -0.25) is 4.79 Å². The number of hydrogen-bond acceptors (Lipinski definition) is 5. The molecule has 0 spiro atoms. The fourth-order valence-electron chi connectivity index (χ4n) is 3.36. The Bertz CT molecular complexity index is 792. The molecule has 0 fully saturated rings. The highest BCUT2D eigenvalue weighted by atomic mass is 16.6. The van der Waals surface area contributed by atoms with Crippen molar-refractivity contribution in [1.82, 2.24) is 5.32 Å². The first kappa shape index (κ1) is 20.8. The van der Waals surface area contributed by atoms with Crippen LogP contribution in [-0.4, -0.2) is 56.7 Å². The number of carboxylic acids is 1. The maximum absolute atomic E-state index is 12.0. The van der Waals surface area contributed by atoms with Gasteiger partial charge in [0.15, 0.2) is 0 Å². The van der Waals surface area contributed by atoms with Crippen LogP contribution in [0.2, 0.25) is 0 Å². The molecule has 2 aromatic rings. The van der Waals surface area contributed by atoms with Crippen molar-refractivity contribution in [2.75, 3.05) is 39.6 Å². The van der Waals surface area contributed by atoms with Crippen LogP contribution in [0.15, 0.2) is 48.5 Å². The van der Waals surface area contributed by atoms with Crippen LogP contribution in [-0.2, 0) is 19.0 Å². The van der Waals surface area contributed by atoms with Gasteiger partial charge < -0.3 is 24.6 Å². The Labute approximate surface area is 169 Å². The molecule has 7 nitrogen and oxygen atoms in total. The van der Waals surface area contributed by atoms with Crippen molar-refractivity contribution in [3.8, 4) is 11.1 Å². The van der Waals surface area contributed by atoms with Crippen molar-refractivity contribution in [2.45, 2.75) is 12.3 Å². The molecule has 0 saturated carbocycles. The number of amides is 1. The summed E-state index contributed by atoms with van der Waals surface area (Å²) in [6, 6.07) is 16.4. The quantitative estimate of drug-likeness (QED) is 0.564. The Balaban J connectivity index is 1.35. The van der Waals surface area contributed by atoms with Crippen molar-refractivity contribution >= 4 is 12.1 Å². The van der Waals surface area contributed by atoms with Gasteiger partial charge >= 0.3 is 12.1 Å². The van der Waals surface area contributed by atoms with E-state index in [1.54, 1.807) is 0 Å². The maximum atomic E-state index is 12.0. The van der Waals surface area contributed by atoms with E-state index in [0.717, 1.165) is 0 Å². The molecule has 1 aliphatic carbocycles. The van der Waals surface area contributed by atoms with Crippen LogP contribution in [0, 0.1) is 0 Å². The third kappa shape index (κ3) is 5.79. The fourth-order valence-corrected chi connectivity index (χ4v) is 3.36. The lowest BCUT2D eigenvalue weighted by molar-refractivity contribution is -0.138. The first-order valence-corrected chi connectivity index (χ1v) is 9.63. The normalized spacial score (nSPS) is 12.3. The standard InChI is InChI=1S/C22H25NO6/c24-21(25)9-11-27-13-14-28-12-10-23-22(26)29-15-20-18-7-3-1-5-16(18)17-6-2-4-8-19(17)20/h1-8,20H,9-15H2,(H,23,26)(H,24,25). The summed E-state index contributed by atoms with van der Waals surface area (Å²) in [7, 11) is 0. The van der Waals surface area contributed by atoms with Gasteiger partial charge in [-0.25, -0.2) is 4.79 Å². The molecule has 2 aromatic carbocycles. The van der Waals surface area contributed by atoms with Gasteiger partial charge in [0.25, 0.3) is 0 Å². The molecule has 0 bridgehead atoms. The SMILES string of the molecule is O=C(O)CCOCCOCCNC(=O)OCC1c2ccccc2-c2ccccc21. The summed E-state index contributed by atoms with van der Waals surface area (Å²) in [5.41, 5.74) is 4.73. The van der Waals surface area contributed by atoms with Gasteiger partial charge in [-0.15, -0.1) is 0 Å². The minimum atomic E-state index is -0.891. The number of carbonyl (C=O) groups is 2. The van der Waals surface area contributed by atoms with Crippen molar-refractivity contribution in [3.05, 3.63) is 59.7 Å². The zero-order valence-corrected chi connectivity index (χ0v) is 16.1. The lowest BCUT2D eigenvalue weighted by Crippen LogP contribution is -2.29. The Hall–Kier alpha value is -2.90. The topological polar surface area (TPSA) is 94.1 Å². The minimum Gasteiger partial charge on any atom is -0.481 e. The van der Waals surface area contributed by atoms with E-state index in [2.05, 4.69) is 29.6 Å². The van der Waals surface area contributed by atoms with Crippen LogP contribution in [0.5, 0.6) is 0 Å². The number of carbonyl (C=O) groups excluding carboxylic acids is 1. The van der Waals surface area contributed by atoms with E-state index in [0.29, 0.717) is 26.4 Å². The number of aliphatic carboxylic acids is 1. The molecule has 1 amide bonds. The highest BCUT2D eigenvalue weighted by Crippen LogP contribution is 2.44. The van der Waals surface area contributed by atoms with E-state index in [9.17, 15) is 9.59 Å². The minimum absolute atomic E-state index is 0.0245. The number of ether oxygens (including phenoxy) is 3. The van der Waals surface area contributed by atoms with Crippen LogP contribution >= 0.6 is 0 Å². The highest BCUT2D eigenvalue weighted by molar-refractivity contribution is 5.79. The van der Waals surface area contributed by atoms with Gasteiger partial charge in [0.05, 0.1) is 32.8 Å². The Morgan fingerprint density at radius 2 is 1.45 bits per heavy atom. The van der Waals surface area contributed by atoms with Gasteiger partial charge in [0.2, 0.25) is 0 Å².